The Hall–Kier alpha value is -1.68. The summed E-state index contributed by atoms with van der Waals surface area (Å²) in [6.45, 7) is -0.00134. The van der Waals surface area contributed by atoms with Crippen molar-refractivity contribution in [2.45, 2.75) is 0 Å². The van der Waals surface area contributed by atoms with E-state index < -0.39 is 0 Å². The fraction of sp³-hybridized carbons (Fsp3) is 0.0769. The van der Waals surface area contributed by atoms with Crippen molar-refractivity contribution in [1.82, 2.24) is 4.98 Å². The van der Waals surface area contributed by atoms with Gasteiger partial charge >= 0.3 is 0 Å². The molecule has 2 rings (SSSR count). The van der Waals surface area contributed by atoms with E-state index in [9.17, 15) is 4.79 Å². The van der Waals surface area contributed by atoms with Gasteiger partial charge in [-0.3, -0.25) is 4.79 Å². The molecular formula is C13H10BrNO2. The van der Waals surface area contributed by atoms with E-state index in [4.69, 9.17) is 4.74 Å². The lowest BCUT2D eigenvalue weighted by Gasteiger charge is -2.04. The number of carbonyl (C=O) groups excluding carboxylic acids is 1. The van der Waals surface area contributed by atoms with Gasteiger partial charge in [0.05, 0.1) is 0 Å². The number of nitrogens with zero attached hydrogens (tertiary/aromatic N) is 1. The van der Waals surface area contributed by atoms with Gasteiger partial charge in [0.15, 0.2) is 12.4 Å². The van der Waals surface area contributed by atoms with Crippen LogP contribution in [0.5, 0.6) is 5.88 Å². The number of hydrogen-bond acceptors (Lipinski definition) is 3. The molecule has 4 heteroatoms. The first kappa shape index (κ1) is 11.8. The van der Waals surface area contributed by atoms with Crippen LogP contribution in [0.25, 0.3) is 0 Å². The lowest BCUT2D eigenvalue weighted by atomic mass is 10.1. The number of ketones is 1. The molecule has 0 atom stereocenters. The van der Waals surface area contributed by atoms with Crippen molar-refractivity contribution in [2.24, 2.45) is 0 Å². The van der Waals surface area contributed by atoms with Gasteiger partial charge in [-0.05, 0) is 18.2 Å². The summed E-state index contributed by atoms with van der Waals surface area (Å²) in [4.78, 5) is 15.7. The maximum Gasteiger partial charge on any atom is 0.213 e. The molecule has 0 bridgehead atoms. The molecule has 0 saturated carbocycles. The second-order valence-corrected chi connectivity index (χ2v) is 4.30. The molecule has 0 N–H and O–H groups in total. The van der Waals surface area contributed by atoms with Crippen molar-refractivity contribution in [3.63, 3.8) is 0 Å². The Kier molecular flexibility index (Phi) is 3.88. The average Bonchev–Trinajstić information content (AvgIpc) is 2.38. The highest BCUT2D eigenvalue weighted by molar-refractivity contribution is 9.10. The van der Waals surface area contributed by atoms with Crippen LogP contribution in [0.1, 0.15) is 10.4 Å². The third-order valence-electron chi connectivity index (χ3n) is 2.16. The molecule has 0 unspecified atom stereocenters. The van der Waals surface area contributed by atoms with Crippen LogP contribution in [-0.2, 0) is 0 Å². The minimum atomic E-state index is -0.0665. The van der Waals surface area contributed by atoms with Crippen LogP contribution < -0.4 is 4.74 Å². The lowest BCUT2D eigenvalue weighted by Crippen LogP contribution is -2.11. The predicted octanol–water partition coefficient (Wildman–Crippen LogP) is 3.11. The van der Waals surface area contributed by atoms with Crippen molar-refractivity contribution in [1.29, 1.82) is 0 Å². The van der Waals surface area contributed by atoms with E-state index in [1.807, 2.05) is 18.2 Å². The first-order valence-electron chi connectivity index (χ1n) is 5.08. The Labute approximate surface area is 108 Å². The topological polar surface area (TPSA) is 39.2 Å². The van der Waals surface area contributed by atoms with Gasteiger partial charge in [0, 0.05) is 22.3 Å². The summed E-state index contributed by atoms with van der Waals surface area (Å²) in [6, 6.07) is 12.5. The van der Waals surface area contributed by atoms with Gasteiger partial charge in [0.1, 0.15) is 0 Å². The molecular weight excluding hydrogens is 282 g/mol. The van der Waals surface area contributed by atoms with Gasteiger partial charge in [0.25, 0.3) is 0 Å². The molecule has 0 fully saturated rings. The zero-order valence-electron chi connectivity index (χ0n) is 8.97. The van der Waals surface area contributed by atoms with Crippen molar-refractivity contribution in [3.05, 3.63) is 58.7 Å². The van der Waals surface area contributed by atoms with Gasteiger partial charge in [-0.25, -0.2) is 4.98 Å². The number of Topliss-reactive ketones (excluding diaryl/α,β-unsaturated/α-hetero) is 1. The third-order valence-corrected chi connectivity index (χ3v) is 2.68. The van der Waals surface area contributed by atoms with E-state index in [1.165, 1.54) is 0 Å². The molecule has 0 spiro atoms. The largest absolute Gasteiger partial charge is 0.469 e. The van der Waals surface area contributed by atoms with E-state index in [0.29, 0.717) is 11.4 Å². The molecule has 0 aliphatic carbocycles. The van der Waals surface area contributed by atoms with E-state index >= 15 is 0 Å². The van der Waals surface area contributed by atoms with E-state index in [-0.39, 0.29) is 12.4 Å². The fourth-order valence-electron chi connectivity index (χ4n) is 1.29. The molecule has 17 heavy (non-hydrogen) atoms. The molecule has 1 aromatic carbocycles. The highest BCUT2D eigenvalue weighted by Crippen LogP contribution is 2.11. The summed E-state index contributed by atoms with van der Waals surface area (Å²) in [5, 5.41) is 0. The second kappa shape index (κ2) is 5.59. The van der Waals surface area contributed by atoms with E-state index in [0.717, 1.165) is 4.47 Å². The van der Waals surface area contributed by atoms with Crippen LogP contribution in [0.4, 0.5) is 0 Å². The normalized spacial score (nSPS) is 9.94. The van der Waals surface area contributed by atoms with Crippen LogP contribution in [-0.4, -0.2) is 17.4 Å². The Morgan fingerprint density at radius 3 is 2.59 bits per heavy atom. The summed E-state index contributed by atoms with van der Waals surface area (Å²) < 4.78 is 6.22. The van der Waals surface area contributed by atoms with Gasteiger partial charge in [-0.15, -0.1) is 0 Å². The molecule has 86 valence electrons. The van der Waals surface area contributed by atoms with Crippen LogP contribution in [0.2, 0.25) is 0 Å². The summed E-state index contributed by atoms with van der Waals surface area (Å²) in [6.07, 6.45) is 1.62. The van der Waals surface area contributed by atoms with Gasteiger partial charge < -0.3 is 4.74 Å². The van der Waals surface area contributed by atoms with Crippen LogP contribution >= 0.6 is 15.9 Å². The minimum absolute atomic E-state index is 0.00134. The predicted molar refractivity (Wildman–Crippen MR) is 68.2 cm³/mol. The Balaban J connectivity index is 1.96. The quantitative estimate of drug-likeness (QED) is 0.813. The molecule has 1 heterocycles. The second-order valence-electron chi connectivity index (χ2n) is 3.39. The third kappa shape index (κ3) is 3.39. The maximum atomic E-state index is 11.8. The molecule has 2 aromatic rings. The molecule has 3 nitrogen and oxygen atoms in total. The lowest BCUT2D eigenvalue weighted by molar-refractivity contribution is 0.0918. The molecule has 0 aliphatic heterocycles. The van der Waals surface area contributed by atoms with Crippen molar-refractivity contribution >= 4 is 21.7 Å². The van der Waals surface area contributed by atoms with E-state index in [2.05, 4.69) is 20.9 Å². The molecule has 0 amide bonds. The number of pyridine rings is 1. The number of aromatic nitrogens is 1. The number of carbonyl (C=O) groups is 1. The van der Waals surface area contributed by atoms with Crippen molar-refractivity contribution < 1.29 is 9.53 Å². The summed E-state index contributed by atoms with van der Waals surface area (Å²) in [7, 11) is 0. The van der Waals surface area contributed by atoms with Gasteiger partial charge in [0.2, 0.25) is 5.88 Å². The fourth-order valence-corrected chi connectivity index (χ4v) is 1.56. The Bertz CT molecular complexity index is 497. The maximum absolute atomic E-state index is 11.8. The van der Waals surface area contributed by atoms with Gasteiger partial charge in [-0.2, -0.15) is 0 Å². The number of ether oxygens (including phenoxy) is 1. The summed E-state index contributed by atoms with van der Waals surface area (Å²) in [5.74, 6) is 0.390. The van der Waals surface area contributed by atoms with Crippen LogP contribution in [0.15, 0.2) is 53.1 Å². The van der Waals surface area contributed by atoms with Gasteiger partial charge in [-0.1, -0.05) is 34.1 Å². The first-order chi connectivity index (χ1) is 8.25. The first-order valence-corrected chi connectivity index (χ1v) is 5.87. The Morgan fingerprint density at radius 1 is 1.18 bits per heavy atom. The average molecular weight is 292 g/mol. The number of hydrogen-bond donors (Lipinski definition) is 0. The van der Waals surface area contributed by atoms with Crippen LogP contribution in [0.3, 0.4) is 0 Å². The smallest absolute Gasteiger partial charge is 0.213 e. The number of benzene rings is 1. The summed E-state index contributed by atoms with van der Waals surface area (Å²) in [5.41, 5.74) is 0.629. The highest BCUT2D eigenvalue weighted by Gasteiger charge is 2.06. The Morgan fingerprint density at radius 2 is 1.94 bits per heavy atom. The molecule has 1 aromatic heterocycles. The SMILES string of the molecule is O=C(COc1ccccn1)c1ccc(Br)cc1. The minimum Gasteiger partial charge on any atom is -0.469 e. The molecule has 0 radical (unpaired) electrons. The van der Waals surface area contributed by atoms with Crippen LogP contribution in [0, 0.1) is 0 Å². The standard InChI is InChI=1S/C13H10BrNO2/c14-11-6-4-10(5-7-11)12(16)9-17-13-3-1-2-8-15-13/h1-8H,9H2. The number of rotatable bonds is 4. The number of halogens is 1. The monoisotopic (exact) mass is 291 g/mol. The van der Waals surface area contributed by atoms with E-state index in [1.54, 1.807) is 30.5 Å². The summed E-state index contributed by atoms with van der Waals surface area (Å²) >= 11 is 3.32. The highest BCUT2D eigenvalue weighted by atomic mass is 79.9. The van der Waals surface area contributed by atoms with Crippen molar-refractivity contribution in [3.8, 4) is 5.88 Å². The van der Waals surface area contributed by atoms with Crippen molar-refractivity contribution in [2.75, 3.05) is 6.61 Å². The molecule has 0 aliphatic rings. The zero-order chi connectivity index (χ0) is 12.1. The zero-order valence-corrected chi connectivity index (χ0v) is 10.6. The molecule has 0 saturated heterocycles.